The summed E-state index contributed by atoms with van der Waals surface area (Å²) in [6.07, 6.45) is 4.67. The first-order valence-corrected chi connectivity index (χ1v) is 8.23. The molecule has 0 atom stereocenters. The van der Waals surface area contributed by atoms with Gasteiger partial charge in [0.25, 0.3) is 0 Å². The number of benzene rings is 2. The van der Waals surface area contributed by atoms with E-state index in [0.29, 0.717) is 17.9 Å². The molecule has 2 aromatic carbocycles. The first-order valence-electron chi connectivity index (χ1n) is 8.23. The van der Waals surface area contributed by atoms with Crippen molar-refractivity contribution in [3.63, 3.8) is 0 Å². The Kier molecular flexibility index (Phi) is 6.49. The molecule has 0 saturated heterocycles. The topological polar surface area (TPSA) is 96.2 Å². The van der Waals surface area contributed by atoms with Crippen LogP contribution in [-0.2, 0) is 0 Å². The molecule has 0 bridgehead atoms. The molecule has 27 heavy (non-hydrogen) atoms. The normalized spacial score (nSPS) is 10.6. The van der Waals surface area contributed by atoms with Crippen LogP contribution >= 0.6 is 0 Å². The number of aromatic hydroxyl groups is 3. The number of phenolic OH excluding ortho intramolecular Hbond substituents is 3. The molecular weight excluding hydrogens is 348 g/mol. The summed E-state index contributed by atoms with van der Waals surface area (Å²) in [7, 11) is 1.34. The van der Waals surface area contributed by atoms with Crippen molar-refractivity contribution in [2.45, 2.75) is 13.8 Å². The largest absolute Gasteiger partial charge is 0.508 e. The van der Waals surface area contributed by atoms with Crippen molar-refractivity contribution >= 4 is 11.9 Å². The van der Waals surface area contributed by atoms with Crippen LogP contribution in [-0.4, -0.2) is 34.8 Å². The molecule has 0 aliphatic rings. The fraction of sp³-hybridized carbons (Fsp3) is 0.190. The van der Waals surface area contributed by atoms with Gasteiger partial charge in [-0.25, -0.2) is 0 Å². The van der Waals surface area contributed by atoms with Gasteiger partial charge in [0.15, 0.2) is 17.3 Å². The Bertz CT molecular complexity index is 892. The number of hydrogen-bond acceptors (Lipinski definition) is 6. The van der Waals surface area contributed by atoms with E-state index >= 15 is 0 Å². The minimum Gasteiger partial charge on any atom is -0.508 e. The molecule has 0 aliphatic heterocycles. The zero-order valence-electron chi connectivity index (χ0n) is 15.4. The van der Waals surface area contributed by atoms with Gasteiger partial charge in [0.2, 0.25) is 0 Å². The van der Waals surface area contributed by atoms with E-state index in [-0.39, 0.29) is 28.6 Å². The van der Waals surface area contributed by atoms with Gasteiger partial charge >= 0.3 is 0 Å². The lowest BCUT2D eigenvalue weighted by molar-refractivity contribution is 0.104. The number of phenols is 3. The van der Waals surface area contributed by atoms with Gasteiger partial charge in [-0.1, -0.05) is 17.7 Å². The second-order valence-electron chi connectivity index (χ2n) is 6.06. The summed E-state index contributed by atoms with van der Waals surface area (Å²) in [4.78, 5) is 12.4. The van der Waals surface area contributed by atoms with E-state index in [1.165, 1.54) is 31.4 Å². The first kappa shape index (κ1) is 19.9. The van der Waals surface area contributed by atoms with Crippen LogP contribution in [0.4, 0.5) is 0 Å². The minimum absolute atomic E-state index is 0.00141. The molecule has 0 unspecified atom stereocenters. The van der Waals surface area contributed by atoms with Crippen molar-refractivity contribution in [1.82, 2.24) is 0 Å². The van der Waals surface area contributed by atoms with Crippen LogP contribution < -0.4 is 9.47 Å². The summed E-state index contributed by atoms with van der Waals surface area (Å²) < 4.78 is 10.6. The molecular formula is C21H22O6. The van der Waals surface area contributed by atoms with E-state index < -0.39 is 5.78 Å². The summed E-state index contributed by atoms with van der Waals surface area (Å²) in [6.45, 7) is 4.21. The Morgan fingerprint density at radius 2 is 1.78 bits per heavy atom. The highest BCUT2D eigenvalue weighted by Crippen LogP contribution is 2.33. The summed E-state index contributed by atoms with van der Waals surface area (Å²) in [5, 5.41) is 29.3. The number of carbonyl (C=O) groups is 1. The van der Waals surface area contributed by atoms with Crippen LogP contribution in [0.3, 0.4) is 0 Å². The van der Waals surface area contributed by atoms with Crippen LogP contribution in [0.15, 0.2) is 48.1 Å². The third-order valence-corrected chi connectivity index (χ3v) is 3.67. The van der Waals surface area contributed by atoms with Gasteiger partial charge in [-0.3, -0.25) is 4.79 Å². The predicted molar refractivity (Wildman–Crippen MR) is 103 cm³/mol. The molecule has 0 fully saturated rings. The molecule has 0 heterocycles. The van der Waals surface area contributed by atoms with Crippen LogP contribution in [0.25, 0.3) is 6.08 Å². The molecule has 0 radical (unpaired) electrons. The van der Waals surface area contributed by atoms with Crippen LogP contribution in [0, 0.1) is 0 Å². The van der Waals surface area contributed by atoms with Crippen LogP contribution in [0.5, 0.6) is 28.7 Å². The molecule has 6 heteroatoms. The highest BCUT2D eigenvalue weighted by Gasteiger charge is 2.16. The molecule has 2 aromatic rings. The van der Waals surface area contributed by atoms with Gasteiger partial charge in [-0.05, 0) is 43.7 Å². The third-order valence-electron chi connectivity index (χ3n) is 3.67. The lowest BCUT2D eigenvalue weighted by Gasteiger charge is -2.09. The average molecular weight is 370 g/mol. The number of hydrogen-bond donors (Lipinski definition) is 3. The number of ketones is 1. The highest BCUT2D eigenvalue weighted by atomic mass is 16.5. The molecule has 3 N–H and O–H groups in total. The standard InChI is InChI=1S/C21H22O6/c1-13(2)8-9-27-19-10-14(4-6-16(19)23)5-7-17(24)21-18(25)11-15(22)12-20(21)26-3/h4-8,10-12,22-23,25H,9H2,1-3H3/b7-5+. The van der Waals surface area contributed by atoms with Crippen molar-refractivity contribution in [2.24, 2.45) is 0 Å². The van der Waals surface area contributed by atoms with Gasteiger partial charge in [-0.15, -0.1) is 0 Å². The maximum Gasteiger partial charge on any atom is 0.193 e. The zero-order valence-corrected chi connectivity index (χ0v) is 15.4. The molecule has 6 nitrogen and oxygen atoms in total. The van der Waals surface area contributed by atoms with Crippen LogP contribution in [0.2, 0.25) is 0 Å². The predicted octanol–water partition coefficient (Wildman–Crippen LogP) is 4.05. The van der Waals surface area contributed by atoms with E-state index in [4.69, 9.17) is 9.47 Å². The van der Waals surface area contributed by atoms with Gasteiger partial charge < -0.3 is 24.8 Å². The number of carbonyl (C=O) groups excluding carboxylic acids is 1. The Hall–Kier alpha value is -3.41. The summed E-state index contributed by atoms with van der Waals surface area (Å²) in [5.74, 6) is -0.715. The van der Waals surface area contributed by atoms with Gasteiger partial charge in [0, 0.05) is 12.1 Å². The van der Waals surface area contributed by atoms with E-state index in [0.717, 1.165) is 11.6 Å². The number of methoxy groups -OCH3 is 1. The second-order valence-corrected chi connectivity index (χ2v) is 6.06. The zero-order chi connectivity index (χ0) is 20.0. The van der Waals surface area contributed by atoms with E-state index in [1.807, 2.05) is 19.9 Å². The Balaban J connectivity index is 2.23. The molecule has 0 amide bonds. The Morgan fingerprint density at radius 3 is 2.44 bits per heavy atom. The Morgan fingerprint density at radius 1 is 1.04 bits per heavy atom. The maximum absolute atomic E-state index is 12.4. The minimum atomic E-state index is -0.496. The molecule has 0 spiro atoms. The van der Waals surface area contributed by atoms with E-state index in [1.54, 1.807) is 12.1 Å². The van der Waals surface area contributed by atoms with E-state index in [9.17, 15) is 20.1 Å². The molecule has 0 saturated carbocycles. The third kappa shape index (κ3) is 5.28. The second kappa shape index (κ2) is 8.80. The van der Waals surface area contributed by atoms with Crippen LogP contribution in [0.1, 0.15) is 29.8 Å². The van der Waals surface area contributed by atoms with Crippen molar-refractivity contribution in [3.05, 3.63) is 59.2 Å². The molecule has 2 rings (SSSR count). The van der Waals surface area contributed by atoms with Crippen molar-refractivity contribution in [3.8, 4) is 28.7 Å². The summed E-state index contributed by atoms with van der Waals surface area (Å²) >= 11 is 0. The molecule has 142 valence electrons. The van der Waals surface area contributed by atoms with Gasteiger partial charge in [0.05, 0.1) is 7.11 Å². The lowest BCUT2D eigenvalue weighted by atomic mass is 10.1. The summed E-state index contributed by atoms with van der Waals surface area (Å²) in [6, 6.07) is 7.02. The SMILES string of the molecule is COc1cc(O)cc(O)c1C(=O)/C=C/c1ccc(O)c(OCC=C(C)C)c1. The average Bonchev–Trinajstić information content (AvgIpc) is 2.60. The smallest absolute Gasteiger partial charge is 0.193 e. The van der Waals surface area contributed by atoms with E-state index in [2.05, 4.69) is 0 Å². The van der Waals surface area contributed by atoms with Gasteiger partial charge in [-0.2, -0.15) is 0 Å². The fourth-order valence-corrected chi connectivity index (χ4v) is 2.30. The van der Waals surface area contributed by atoms with Gasteiger partial charge in [0.1, 0.15) is 29.4 Å². The summed E-state index contributed by atoms with van der Waals surface area (Å²) in [5.41, 5.74) is 1.68. The number of allylic oxidation sites excluding steroid dienone is 2. The molecule has 0 aromatic heterocycles. The lowest BCUT2D eigenvalue weighted by Crippen LogP contribution is -1.99. The first-order chi connectivity index (χ1) is 12.8. The maximum atomic E-state index is 12.4. The number of ether oxygens (including phenoxy) is 2. The van der Waals surface area contributed by atoms with Crippen molar-refractivity contribution < 1.29 is 29.6 Å². The monoisotopic (exact) mass is 370 g/mol. The quantitative estimate of drug-likeness (QED) is 0.386. The highest BCUT2D eigenvalue weighted by molar-refractivity contribution is 6.10. The Labute approximate surface area is 157 Å². The number of rotatable bonds is 7. The molecule has 0 aliphatic carbocycles. The fourth-order valence-electron chi connectivity index (χ4n) is 2.30. The van der Waals surface area contributed by atoms with Crippen molar-refractivity contribution in [1.29, 1.82) is 0 Å². The van der Waals surface area contributed by atoms with Crippen molar-refractivity contribution in [2.75, 3.05) is 13.7 Å².